The van der Waals surface area contributed by atoms with Crippen molar-refractivity contribution >= 4 is 12.4 Å². The molecule has 0 aliphatic heterocycles. The van der Waals surface area contributed by atoms with Crippen LogP contribution in [0.3, 0.4) is 0 Å². The smallest absolute Gasteiger partial charge is 0.271 e. The number of halogens is 3. The van der Waals surface area contributed by atoms with Crippen molar-refractivity contribution < 1.29 is 13.9 Å². The molecule has 0 saturated carbocycles. The van der Waals surface area contributed by atoms with Crippen LogP contribution in [0, 0.1) is 17.6 Å². The van der Waals surface area contributed by atoms with E-state index < -0.39 is 11.6 Å². The van der Waals surface area contributed by atoms with E-state index in [9.17, 15) is 18.7 Å². The predicted octanol–water partition coefficient (Wildman–Crippen LogP) is 2.26. The molecule has 1 aromatic heterocycles. The number of aliphatic hydroxyl groups is 1. The first-order valence-corrected chi connectivity index (χ1v) is 7.78. The van der Waals surface area contributed by atoms with Gasteiger partial charge >= 0.3 is 0 Å². The second kappa shape index (κ2) is 9.03. The van der Waals surface area contributed by atoms with E-state index in [1.165, 1.54) is 10.7 Å². The highest BCUT2D eigenvalue weighted by molar-refractivity contribution is 5.85. The molecule has 5 nitrogen and oxygen atoms in total. The Hall–Kier alpha value is -1.83. The van der Waals surface area contributed by atoms with Crippen molar-refractivity contribution in [2.45, 2.75) is 33.4 Å². The minimum Gasteiger partial charge on any atom is -0.396 e. The highest BCUT2D eigenvalue weighted by atomic mass is 35.5. The molecule has 1 heterocycles. The van der Waals surface area contributed by atoms with Crippen molar-refractivity contribution in [2.75, 3.05) is 6.61 Å². The van der Waals surface area contributed by atoms with Crippen LogP contribution in [0.15, 0.2) is 23.0 Å². The number of hydrogen-bond acceptors (Lipinski definition) is 4. The molecular weight excluding hydrogens is 352 g/mol. The molecule has 0 fully saturated rings. The van der Waals surface area contributed by atoms with Gasteiger partial charge in [-0.3, -0.25) is 4.79 Å². The quantitative estimate of drug-likeness (QED) is 0.813. The number of benzene rings is 1. The molecule has 2 aromatic rings. The lowest BCUT2D eigenvalue weighted by Crippen LogP contribution is -2.32. The minimum atomic E-state index is -1.000. The fourth-order valence-corrected chi connectivity index (χ4v) is 2.59. The lowest BCUT2D eigenvalue weighted by atomic mass is 9.99. The van der Waals surface area contributed by atoms with Gasteiger partial charge in [-0.25, -0.2) is 13.5 Å². The zero-order chi connectivity index (χ0) is 17.9. The van der Waals surface area contributed by atoms with Crippen molar-refractivity contribution in [1.29, 1.82) is 0 Å². The molecule has 3 N–H and O–H groups in total. The van der Waals surface area contributed by atoms with E-state index in [4.69, 9.17) is 5.73 Å². The maximum atomic E-state index is 13.6. The number of nitrogens with zero attached hydrogens (tertiary/aromatic N) is 2. The van der Waals surface area contributed by atoms with Gasteiger partial charge in [0.1, 0.15) is 0 Å². The van der Waals surface area contributed by atoms with Crippen molar-refractivity contribution in [3.05, 3.63) is 51.3 Å². The van der Waals surface area contributed by atoms with Crippen LogP contribution in [0.2, 0.25) is 0 Å². The van der Waals surface area contributed by atoms with Gasteiger partial charge in [0.2, 0.25) is 0 Å². The van der Waals surface area contributed by atoms with Gasteiger partial charge in [-0.05, 0) is 36.1 Å². The van der Waals surface area contributed by atoms with E-state index in [1.807, 2.05) is 13.8 Å². The van der Waals surface area contributed by atoms with Crippen molar-refractivity contribution in [2.24, 2.45) is 11.7 Å². The second-order valence-electron chi connectivity index (χ2n) is 5.99. The van der Waals surface area contributed by atoms with Gasteiger partial charge in [0.15, 0.2) is 11.6 Å². The summed E-state index contributed by atoms with van der Waals surface area (Å²) in [6.45, 7) is 4.02. The monoisotopic (exact) mass is 373 g/mol. The summed E-state index contributed by atoms with van der Waals surface area (Å²) in [7, 11) is 0. The van der Waals surface area contributed by atoms with Crippen LogP contribution in [0.25, 0.3) is 11.3 Å². The highest BCUT2D eigenvalue weighted by Crippen LogP contribution is 2.25. The summed E-state index contributed by atoms with van der Waals surface area (Å²) in [5.74, 6) is -1.79. The molecule has 8 heteroatoms. The maximum Gasteiger partial charge on any atom is 0.271 e. The molecule has 0 atom stereocenters. The standard InChI is InChI=1S/C17H21F2N3O2.ClH/c1-10(2)9-22-17(24)13(8-20)12(5-6-23)16(21-22)11-3-4-14(18)15(19)7-11;/h3-4,7,10,23H,5-6,8-9,20H2,1-2H3;1H. The van der Waals surface area contributed by atoms with Gasteiger partial charge < -0.3 is 10.8 Å². The molecule has 25 heavy (non-hydrogen) atoms. The van der Waals surface area contributed by atoms with Crippen LogP contribution in [0.5, 0.6) is 0 Å². The van der Waals surface area contributed by atoms with Crippen LogP contribution >= 0.6 is 12.4 Å². The Balaban J connectivity index is 0.00000312. The summed E-state index contributed by atoms with van der Waals surface area (Å²) < 4.78 is 28.1. The molecule has 2 rings (SSSR count). The van der Waals surface area contributed by atoms with Gasteiger partial charge in [0.25, 0.3) is 5.56 Å². The normalized spacial score (nSPS) is 10.8. The summed E-state index contributed by atoms with van der Waals surface area (Å²) in [5.41, 5.74) is 6.88. The first kappa shape index (κ1) is 21.2. The Morgan fingerprint density at radius 1 is 1.24 bits per heavy atom. The van der Waals surface area contributed by atoms with Crippen LogP contribution in [-0.2, 0) is 19.5 Å². The third-order valence-corrected chi connectivity index (χ3v) is 3.66. The van der Waals surface area contributed by atoms with E-state index in [0.717, 1.165) is 12.1 Å². The average molecular weight is 374 g/mol. The molecule has 0 unspecified atom stereocenters. The van der Waals surface area contributed by atoms with Crippen molar-refractivity contribution in [3.63, 3.8) is 0 Å². The summed E-state index contributed by atoms with van der Waals surface area (Å²) in [6, 6.07) is 3.43. The van der Waals surface area contributed by atoms with Crippen molar-refractivity contribution in [1.82, 2.24) is 9.78 Å². The molecular formula is C17H22ClF2N3O2. The fourth-order valence-electron chi connectivity index (χ4n) is 2.59. The van der Waals surface area contributed by atoms with E-state index in [1.54, 1.807) is 0 Å². The maximum absolute atomic E-state index is 13.6. The van der Waals surface area contributed by atoms with Gasteiger partial charge in [-0.1, -0.05) is 13.8 Å². The molecule has 0 amide bonds. The number of aliphatic hydroxyl groups excluding tert-OH is 1. The SMILES string of the molecule is CC(C)Cn1nc(-c2ccc(F)c(F)c2)c(CCO)c(CN)c1=O.Cl. The fraction of sp³-hybridized carbons (Fsp3) is 0.412. The third kappa shape index (κ3) is 4.62. The highest BCUT2D eigenvalue weighted by Gasteiger charge is 2.19. The van der Waals surface area contributed by atoms with Gasteiger partial charge in [0, 0.05) is 30.8 Å². The van der Waals surface area contributed by atoms with E-state index in [0.29, 0.717) is 28.9 Å². The molecule has 0 radical (unpaired) electrons. The zero-order valence-electron chi connectivity index (χ0n) is 14.1. The van der Waals surface area contributed by atoms with Gasteiger partial charge in [0.05, 0.1) is 5.69 Å². The van der Waals surface area contributed by atoms with E-state index in [2.05, 4.69) is 5.10 Å². The Morgan fingerprint density at radius 2 is 1.92 bits per heavy atom. The first-order chi connectivity index (χ1) is 11.4. The lowest BCUT2D eigenvalue weighted by Gasteiger charge is -2.17. The van der Waals surface area contributed by atoms with Crippen LogP contribution < -0.4 is 11.3 Å². The lowest BCUT2D eigenvalue weighted by molar-refractivity contribution is 0.299. The first-order valence-electron chi connectivity index (χ1n) is 7.78. The van der Waals surface area contributed by atoms with Gasteiger partial charge in [-0.15, -0.1) is 12.4 Å². The average Bonchev–Trinajstić information content (AvgIpc) is 2.53. The van der Waals surface area contributed by atoms with E-state index in [-0.39, 0.29) is 43.5 Å². The molecule has 0 bridgehead atoms. The third-order valence-electron chi connectivity index (χ3n) is 3.66. The summed E-state index contributed by atoms with van der Waals surface area (Å²) >= 11 is 0. The molecule has 138 valence electrons. The van der Waals surface area contributed by atoms with Crippen molar-refractivity contribution in [3.8, 4) is 11.3 Å². The van der Waals surface area contributed by atoms with Crippen LogP contribution in [0.1, 0.15) is 25.0 Å². The summed E-state index contributed by atoms with van der Waals surface area (Å²) in [5, 5.41) is 13.6. The zero-order valence-corrected chi connectivity index (χ0v) is 14.9. The summed E-state index contributed by atoms with van der Waals surface area (Å²) in [6.07, 6.45) is 0.158. The Morgan fingerprint density at radius 3 is 2.44 bits per heavy atom. The number of aromatic nitrogens is 2. The largest absolute Gasteiger partial charge is 0.396 e. The molecule has 0 aliphatic carbocycles. The minimum absolute atomic E-state index is 0. The topological polar surface area (TPSA) is 81.1 Å². The van der Waals surface area contributed by atoms with Crippen LogP contribution in [-0.4, -0.2) is 21.5 Å². The Bertz CT molecular complexity index is 794. The van der Waals surface area contributed by atoms with E-state index >= 15 is 0 Å². The number of rotatable bonds is 6. The molecule has 0 aliphatic rings. The number of hydrogen-bond donors (Lipinski definition) is 2. The second-order valence-corrected chi connectivity index (χ2v) is 5.99. The van der Waals surface area contributed by atoms with Crippen LogP contribution in [0.4, 0.5) is 8.78 Å². The van der Waals surface area contributed by atoms with Gasteiger partial charge in [-0.2, -0.15) is 5.10 Å². The molecule has 0 saturated heterocycles. The predicted molar refractivity (Wildman–Crippen MR) is 94.6 cm³/mol. The summed E-state index contributed by atoms with van der Waals surface area (Å²) in [4.78, 5) is 12.5. The Kier molecular flexibility index (Phi) is 7.66. The molecule has 1 aromatic carbocycles. The number of nitrogens with two attached hydrogens (primary N) is 1. The molecule has 0 spiro atoms. The Labute approximate surface area is 150 Å².